The van der Waals surface area contributed by atoms with E-state index in [0.717, 1.165) is 19.4 Å². The number of rotatable bonds is 8. The molecule has 1 rings (SSSR count). The second-order valence-corrected chi connectivity index (χ2v) is 4.61. The summed E-state index contributed by atoms with van der Waals surface area (Å²) in [5.41, 5.74) is 3.37. The predicted octanol–water partition coefficient (Wildman–Crippen LogP) is 1.75. The molecule has 0 fully saturated rings. The summed E-state index contributed by atoms with van der Waals surface area (Å²) in [6.45, 7) is 2.51. The molecule has 7 heteroatoms. The minimum Gasteiger partial charge on any atom is -0.481 e. The number of ether oxygens (including phenoxy) is 1. The molecule has 0 heterocycles. The Morgan fingerprint density at radius 2 is 2.24 bits per heavy atom. The van der Waals surface area contributed by atoms with Crippen molar-refractivity contribution in [1.29, 1.82) is 0 Å². The van der Waals surface area contributed by atoms with Crippen molar-refractivity contribution in [1.82, 2.24) is 10.7 Å². The molecule has 0 aliphatic rings. The van der Waals surface area contributed by atoms with Crippen LogP contribution >= 0.6 is 12.2 Å². The van der Waals surface area contributed by atoms with Gasteiger partial charge in [-0.3, -0.25) is 5.43 Å². The smallest absolute Gasteiger partial charge is 0.341 e. The third kappa shape index (κ3) is 7.26. The Labute approximate surface area is 129 Å². The summed E-state index contributed by atoms with van der Waals surface area (Å²) in [6.07, 6.45) is 3.66. The first-order valence-corrected chi connectivity index (χ1v) is 7.04. The first-order valence-electron chi connectivity index (χ1n) is 6.64. The van der Waals surface area contributed by atoms with Gasteiger partial charge in [0.1, 0.15) is 5.75 Å². The van der Waals surface area contributed by atoms with E-state index in [1.54, 1.807) is 18.2 Å². The number of carboxylic acid groups (broad SMARTS) is 1. The third-order valence-corrected chi connectivity index (χ3v) is 2.69. The van der Waals surface area contributed by atoms with E-state index in [1.807, 2.05) is 6.07 Å². The summed E-state index contributed by atoms with van der Waals surface area (Å²) in [7, 11) is 0. The second kappa shape index (κ2) is 9.71. The van der Waals surface area contributed by atoms with Crippen molar-refractivity contribution >= 4 is 29.5 Å². The number of para-hydroxylation sites is 1. The fourth-order valence-corrected chi connectivity index (χ4v) is 1.59. The van der Waals surface area contributed by atoms with Gasteiger partial charge in [0.25, 0.3) is 0 Å². The summed E-state index contributed by atoms with van der Waals surface area (Å²) in [5, 5.41) is 16.1. The van der Waals surface area contributed by atoms with E-state index in [2.05, 4.69) is 22.8 Å². The van der Waals surface area contributed by atoms with Crippen molar-refractivity contribution in [2.24, 2.45) is 5.10 Å². The predicted molar refractivity (Wildman–Crippen MR) is 85.8 cm³/mol. The maximum absolute atomic E-state index is 10.5. The van der Waals surface area contributed by atoms with Crippen LogP contribution in [0.5, 0.6) is 5.75 Å². The molecule has 0 saturated heterocycles. The molecule has 1 aromatic rings. The molecular formula is C14H19N3O3S. The van der Waals surface area contributed by atoms with Gasteiger partial charge in [0, 0.05) is 12.1 Å². The lowest BCUT2D eigenvalue weighted by Crippen LogP contribution is -2.32. The van der Waals surface area contributed by atoms with Gasteiger partial charge in [-0.05, 0) is 30.8 Å². The molecule has 0 atom stereocenters. The van der Waals surface area contributed by atoms with Gasteiger partial charge in [-0.2, -0.15) is 5.10 Å². The molecule has 1 aromatic carbocycles. The number of benzene rings is 1. The van der Waals surface area contributed by atoms with Gasteiger partial charge < -0.3 is 15.2 Å². The minimum atomic E-state index is -1.03. The largest absolute Gasteiger partial charge is 0.481 e. The van der Waals surface area contributed by atoms with Crippen LogP contribution in [0.15, 0.2) is 29.4 Å². The molecule has 3 N–H and O–H groups in total. The molecule has 0 aromatic heterocycles. The molecule has 0 amide bonds. The van der Waals surface area contributed by atoms with Crippen LogP contribution in [0.25, 0.3) is 0 Å². The van der Waals surface area contributed by atoms with Crippen molar-refractivity contribution in [2.75, 3.05) is 13.2 Å². The Morgan fingerprint density at radius 1 is 1.48 bits per heavy atom. The van der Waals surface area contributed by atoms with E-state index < -0.39 is 12.6 Å². The number of carboxylic acids is 1. The molecule has 0 unspecified atom stereocenters. The van der Waals surface area contributed by atoms with Gasteiger partial charge in [-0.1, -0.05) is 25.5 Å². The Hall–Kier alpha value is -2.15. The van der Waals surface area contributed by atoms with Crippen LogP contribution in [-0.4, -0.2) is 35.6 Å². The Morgan fingerprint density at radius 3 is 2.95 bits per heavy atom. The normalized spacial score (nSPS) is 10.3. The highest BCUT2D eigenvalue weighted by Gasteiger charge is 2.03. The highest BCUT2D eigenvalue weighted by molar-refractivity contribution is 7.80. The summed E-state index contributed by atoms with van der Waals surface area (Å²) in [5.74, 6) is -0.573. The second-order valence-electron chi connectivity index (χ2n) is 4.20. The number of hydrogen-bond acceptors (Lipinski definition) is 4. The van der Waals surface area contributed by atoms with Crippen molar-refractivity contribution in [3.63, 3.8) is 0 Å². The lowest BCUT2D eigenvalue weighted by atomic mass is 10.2. The Bertz CT molecular complexity index is 506. The average Bonchev–Trinajstić information content (AvgIpc) is 2.46. The van der Waals surface area contributed by atoms with E-state index in [1.165, 1.54) is 6.21 Å². The summed E-state index contributed by atoms with van der Waals surface area (Å²) >= 11 is 5.06. The highest BCUT2D eigenvalue weighted by Crippen LogP contribution is 2.15. The lowest BCUT2D eigenvalue weighted by molar-refractivity contribution is -0.139. The molecule has 0 spiro atoms. The number of carbonyl (C=O) groups is 1. The number of nitrogens with one attached hydrogen (secondary N) is 2. The topological polar surface area (TPSA) is 83.0 Å². The first-order chi connectivity index (χ1) is 10.1. The number of hydrazone groups is 1. The van der Waals surface area contributed by atoms with Gasteiger partial charge in [0.15, 0.2) is 11.7 Å². The van der Waals surface area contributed by atoms with Crippen LogP contribution in [0, 0.1) is 0 Å². The zero-order valence-corrected chi connectivity index (χ0v) is 12.7. The van der Waals surface area contributed by atoms with Crippen molar-refractivity contribution in [3.05, 3.63) is 29.8 Å². The zero-order chi connectivity index (χ0) is 15.5. The maximum atomic E-state index is 10.5. The van der Waals surface area contributed by atoms with Gasteiger partial charge >= 0.3 is 5.97 Å². The van der Waals surface area contributed by atoms with Gasteiger partial charge in [0.05, 0.1) is 6.21 Å². The molecule has 0 saturated carbocycles. The fourth-order valence-electron chi connectivity index (χ4n) is 1.44. The standard InChI is InChI=1S/C14H19N3O3S/c1-2-3-8-15-14(21)17-16-9-11-6-4-5-7-12(11)20-10-13(18)19/h4-7,9H,2-3,8,10H2,1H3,(H,18,19)(H2,15,17,21)/b16-9-. The minimum absolute atomic E-state index is 0.394. The Balaban J connectivity index is 2.51. The number of thiocarbonyl (C=S) groups is 1. The number of aliphatic carboxylic acids is 1. The molecule has 0 aliphatic heterocycles. The van der Waals surface area contributed by atoms with E-state index in [9.17, 15) is 4.79 Å². The quantitative estimate of drug-likeness (QED) is 0.294. The van der Waals surface area contributed by atoms with E-state index >= 15 is 0 Å². The molecule has 114 valence electrons. The van der Waals surface area contributed by atoms with E-state index in [4.69, 9.17) is 22.1 Å². The Kier molecular flexibility index (Phi) is 7.81. The van der Waals surface area contributed by atoms with Gasteiger partial charge in [-0.25, -0.2) is 4.79 Å². The van der Waals surface area contributed by atoms with Crippen LogP contribution in [0.3, 0.4) is 0 Å². The first kappa shape index (κ1) is 16.9. The molecule has 0 radical (unpaired) electrons. The number of unbranched alkanes of at least 4 members (excludes halogenated alkanes) is 1. The fraction of sp³-hybridized carbons (Fsp3) is 0.357. The van der Waals surface area contributed by atoms with Crippen LogP contribution in [-0.2, 0) is 4.79 Å². The summed E-state index contributed by atoms with van der Waals surface area (Å²) in [6, 6.07) is 7.03. The van der Waals surface area contributed by atoms with Crippen LogP contribution in [0.2, 0.25) is 0 Å². The molecule has 6 nitrogen and oxygen atoms in total. The number of hydrogen-bond donors (Lipinski definition) is 3. The zero-order valence-electron chi connectivity index (χ0n) is 11.8. The van der Waals surface area contributed by atoms with Crippen LogP contribution < -0.4 is 15.5 Å². The van der Waals surface area contributed by atoms with Crippen molar-refractivity contribution in [3.8, 4) is 5.75 Å². The average molecular weight is 309 g/mol. The molecule has 0 aliphatic carbocycles. The van der Waals surface area contributed by atoms with Gasteiger partial charge in [-0.15, -0.1) is 0 Å². The lowest BCUT2D eigenvalue weighted by Gasteiger charge is -2.07. The summed E-state index contributed by atoms with van der Waals surface area (Å²) in [4.78, 5) is 10.5. The van der Waals surface area contributed by atoms with E-state index in [-0.39, 0.29) is 0 Å². The summed E-state index contributed by atoms with van der Waals surface area (Å²) < 4.78 is 5.17. The number of nitrogens with zero attached hydrogens (tertiary/aromatic N) is 1. The van der Waals surface area contributed by atoms with Gasteiger partial charge in [0.2, 0.25) is 0 Å². The van der Waals surface area contributed by atoms with Crippen LogP contribution in [0.4, 0.5) is 0 Å². The van der Waals surface area contributed by atoms with Crippen molar-refractivity contribution < 1.29 is 14.6 Å². The molecular weight excluding hydrogens is 290 g/mol. The monoisotopic (exact) mass is 309 g/mol. The van der Waals surface area contributed by atoms with Crippen LogP contribution in [0.1, 0.15) is 25.3 Å². The van der Waals surface area contributed by atoms with Crippen molar-refractivity contribution in [2.45, 2.75) is 19.8 Å². The molecule has 21 heavy (non-hydrogen) atoms. The maximum Gasteiger partial charge on any atom is 0.341 e. The third-order valence-electron chi connectivity index (χ3n) is 2.46. The molecule has 0 bridgehead atoms. The SMILES string of the molecule is CCCCNC(=S)N/N=C\c1ccccc1OCC(=O)O. The van der Waals surface area contributed by atoms with E-state index in [0.29, 0.717) is 16.4 Å². The highest BCUT2D eigenvalue weighted by atomic mass is 32.1.